The number of halogens is 3. The standard InChI is InChI=1S/C23H23F3N2O3.C2H6/c1-23(2,26)12-28-8-7-15-14-5-3-4-6-18(14)27-21(15)22(28)20-16(24)9-13(10-17(20)25)31-11-19(29)30;1-2/h3-6,9-10,22,27H,7-8,11-12H2,1-2H3,(H,29,30);1-2H3. The maximum Gasteiger partial charge on any atom is 0.341 e. The molecule has 0 saturated heterocycles. The van der Waals surface area contributed by atoms with E-state index in [-0.39, 0.29) is 17.9 Å². The van der Waals surface area contributed by atoms with Crippen molar-refractivity contribution in [1.29, 1.82) is 0 Å². The number of aromatic amines is 1. The zero-order valence-electron chi connectivity index (χ0n) is 19.2. The topological polar surface area (TPSA) is 65.6 Å². The number of aromatic nitrogens is 1. The molecule has 0 saturated carbocycles. The number of rotatable bonds is 6. The van der Waals surface area contributed by atoms with Crippen LogP contribution in [0.2, 0.25) is 0 Å². The largest absolute Gasteiger partial charge is 0.482 e. The van der Waals surface area contributed by atoms with Gasteiger partial charge in [0.1, 0.15) is 23.1 Å². The van der Waals surface area contributed by atoms with Gasteiger partial charge in [-0.1, -0.05) is 32.0 Å². The number of alkyl halides is 1. The van der Waals surface area contributed by atoms with Crippen molar-refractivity contribution in [1.82, 2.24) is 9.88 Å². The molecule has 33 heavy (non-hydrogen) atoms. The highest BCUT2D eigenvalue weighted by Crippen LogP contribution is 2.41. The Morgan fingerprint density at radius 3 is 2.45 bits per heavy atom. The molecule has 0 fully saturated rings. The van der Waals surface area contributed by atoms with Crippen molar-refractivity contribution in [2.75, 3.05) is 19.7 Å². The predicted octanol–water partition coefficient (Wildman–Crippen LogP) is 5.63. The number of benzene rings is 2. The molecule has 0 aliphatic carbocycles. The number of carboxylic acids is 1. The quantitative estimate of drug-likeness (QED) is 0.498. The predicted molar refractivity (Wildman–Crippen MR) is 121 cm³/mol. The third kappa shape index (κ3) is 5.33. The van der Waals surface area contributed by atoms with E-state index in [2.05, 4.69) is 4.98 Å². The summed E-state index contributed by atoms with van der Waals surface area (Å²) in [5.74, 6) is -3.22. The third-order valence-electron chi connectivity index (χ3n) is 5.40. The van der Waals surface area contributed by atoms with E-state index in [1.165, 1.54) is 13.8 Å². The van der Waals surface area contributed by atoms with Crippen LogP contribution in [-0.2, 0) is 11.2 Å². The van der Waals surface area contributed by atoms with Gasteiger partial charge < -0.3 is 14.8 Å². The summed E-state index contributed by atoms with van der Waals surface area (Å²) in [5.41, 5.74) is 0.645. The number of carbonyl (C=O) groups is 1. The number of carboxylic acid groups (broad SMARTS) is 1. The minimum absolute atomic E-state index is 0.0113. The molecule has 1 unspecified atom stereocenters. The smallest absolute Gasteiger partial charge is 0.341 e. The summed E-state index contributed by atoms with van der Waals surface area (Å²) in [7, 11) is 0. The summed E-state index contributed by atoms with van der Waals surface area (Å²) in [5, 5.41) is 9.71. The van der Waals surface area contributed by atoms with E-state index in [9.17, 15) is 9.18 Å². The number of hydrogen-bond acceptors (Lipinski definition) is 3. The number of ether oxygens (including phenoxy) is 1. The Hall–Kier alpha value is -3.00. The Morgan fingerprint density at radius 2 is 1.85 bits per heavy atom. The van der Waals surface area contributed by atoms with Gasteiger partial charge in [-0.25, -0.2) is 18.0 Å². The Balaban J connectivity index is 0.00000149. The van der Waals surface area contributed by atoms with E-state index in [4.69, 9.17) is 9.84 Å². The van der Waals surface area contributed by atoms with Crippen LogP contribution in [0, 0.1) is 11.6 Å². The van der Waals surface area contributed by atoms with Crippen molar-refractivity contribution in [2.45, 2.75) is 45.8 Å². The summed E-state index contributed by atoms with van der Waals surface area (Å²) < 4.78 is 49.9. The van der Waals surface area contributed by atoms with Gasteiger partial charge in [0, 0.05) is 47.4 Å². The van der Waals surface area contributed by atoms with E-state index in [0.29, 0.717) is 18.7 Å². The summed E-state index contributed by atoms with van der Waals surface area (Å²) >= 11 is 0. The number of H-pyrrole nitrogens is 1. The molecular formula is C25H29F3N2O3. The van der Waals surface area contributed by atoms with Crippen molar-refractivity contribution in [3.05, 3.63) is 64.9 Å². The lowest BCUT2D eigenvalue weighted by Gasteiger charge is -2.38. The van der Waals surface area contributed by atoms with Crippen molar-refractivity contribution in [2.24, 2.45) is 0 Å². The molecule has 178 valence electrons. The number of nitrogens with one attached hydrogen (secondary N) is 1. The highest BCUT2D eigenvalue weighted by molar-refractivity contribution is 5.85. The van der Waals surface area contributed by atoms with E-state index >= 15 is 8.78 Å². The zero-order valence-corrected chi connectivity index (χ0v) is 19.2. The van der Waals surface area contributed by atoms with Gasteiger partial charge in [0.25, 0.3) is 0 Å². The summed E-state index contributed by atoms with van der Waals surface area (Å²) in [4.78, 5) is 15.7. The second kappa shape index (κ2) is 9.87. The average molecular weight is 463 g/mol. The van der Waals surface area contributed by atoms with Gasteiger partial charge in [-0.05, 0) is 31.9 Å². The molecule has 3 aromatic rings. The first-order valence-electron chi connectivity index (χ1n) is 11.0. The molecule has 5 nitrogen and oxygen atoms in total. The molecule has 0 spiro atoms. The van der Waals surface area contributed by atoms with E-state index < -0.39 is 35.9 Å². The average Bonchev–Trinajstić information content (AvgIpc) is 3.12. The summed E-state index contributed by atoms with van der Waals surface area (Å²) in [6.07, 6.45) is 0.620. The fourth-order valence-corrected chi connectivity index (χ4v) is 4.32. The number of fused-ring (bicyclic) bond motifs is 3. The molecular weight excluding hydrogens is 433 g/mol. The van der Waals surface area contributed by atoms with Crippen LogP contribution >= 0.6 is 0 Å². The first-order chi connectivity index (χ1) is 15.6. The van der Waals surface area contributed by atoms with Gasteiger partial charge in [-0.3, -0.25) is 4.90 Å². The Morgan fingerprint density at radius 1 is 1.21 bits per heavy atom. The lowest BCUT2D eigenvalue weighted by Crippen LogP contribution is -2.43. The van der Waals surface area contributed by atoms with Gasteiger partial charge in [-0.2, -0.15) is 0 Å². The fraction of sp³-hybridized carbons (Fsp3) is 0.400. The minimum atomic E-state index is -1.57. The molecule has 1 aromatic heterocycles. The van der Waals surface area contributed by atoms with Crippen LogP contribution in [0.15, 0.2) is 36.4 Å². The maximum atomic E-state index is 15.2. The van der Waals surface area contributed by atoms with Gasteiger partial charge in [0.2, 0.25) is 0 Å². The molecule has 1 aliphatic heterocycles. The zero-order chi connectivity index (χ0) is 24.3. The molecule has 4 rings (SSSR count). The van der Waals surface area contributed by atoms with Gasteiger partial charge >= 0.3 is 5.97 Å². The van der Waals surface area contributed by atoms with Crippen molar-refractivity contribution >= 4 is 16.9 Å². The maximum absolute atomic E-state index is 15.2. The fourth-order valence-electron chi connectivity index (χ4n) is 4.32. The molecule has 1 atom stereocenters. The monoisotopic (exact) mass is 462 g/mol. The Kier molecular flexibility index (Phi) is 7.37. The van der Waals surface area contributed by atoms with Crippen molar-refractivity contribution in [3.8, 4) is 5.75 Å². The van der Waals surface area contributed by atoms with Crippen LogP contribution in [0.3, 0.4) is 0 Å². The van der Waals surface area contributed by atoms with E-state index in [0.717, 1.165) is 28.6 Å². The Bertz CT molecular complexity index is 1110. The molecule has 2 N–H and O–H groups in total. The molecule has 8 heteroatoms. The molecule has 0 radical (unpaired) electrons. The number of nitrogens with zero attached hydrogens (tertiary/aromatic N) is 1. The molecule has 2 heterocycles. The number of hydrogen-bond donors (Lipinski definition) is 2. The highest BCUT2D eigenvalue weighted by Gasteiger charge is 2.37. The number of para-hydroxylation sites is 1. The van der Waals surface area contributed by atoms with Gasteiger partial charge in [0.15, 0.2) is 6.61 Å². The van der Waals surface area contributed by atoms with Crippen LogP contribution < -0.4 is 4.74 Å². The summed E-state index contributed by atoms with van der Waals surface area (Å²) in [6, 6.07) is 8.69. The molecule has 2 aromatic carbocycles. The minimum Gasteiger partial charge on any atom is -0.482 e. The van der Waals surface area contributed by atoms with Crippen LogP contribution in [0.5, 0.6) is 5.75 Å². The summed E-state index contributed by atoms with van der Waals surface area (Å²) in [6.45, 7) is 6.57. The van der Waals surface area contributed by atoms with Crippen LogP contribution in [0.1, 0.15) is 50.6 Å². The van der Waals surface area contributed by atoms with Crippen LogP contribution in [0.25, 0.3) is 10.9 Å². The number of aliphatic carboxylic acids is 1. The first-order valence-corrected chi connectivity index (χ1v) is 11.0. The second-order valence-corrected chi connectivity index (χ2v) is 8.39. The molecule has 1 aliphatic rings. The van der Waals surface area contributed by atoms with E-state index in [1.54, 1.807) is 4.90 Å². The van der Waals surface area contributed by atoms with Crippen molar-refractivity contribution < 1.29 is 27.8 Å². The highest BCUT2D eigenvalue weighted by atomic mass is 19.1. The van der Waals surface area contributed by atoms with Gasteiger partial charge in [-0.15, -0.1) is 0 Å². The normalized spacial score (nSPS) is 16.2. The lowest BCUT2D eigenvalue weighted by molar-refractivity contribution is -0.139. The van der Waals surface area contributed by atoms with Crippen molar-refractivity contribution in [3.63, 3.8) is 0 Å². The molecule has 0 amide bonds. The van der Waals surface area contributed by atoms with Crippen LogP contribution in [0.4, 0.5) is 13.2 Å². The Labute approximate surface area is 191 Å². The second-order valence-electron chi connectivity index (χ2n) is 8.39. The lowest BCUT2D eigenvalue weighted by atomic mass is 9.90. The SMILES string of the molecule is CC.CC(C)(F)CN1CCc2c([nH]c3ccccc23)C1c1c(F)cc(OCC(=O)O)cc1F. The third-order valence-corrected chi connectivity index (χ3v) is 5.40. The molecule has 0 bridgehead atoms. The van der Waals surface area contributed by atoms with E-state index in [1.807, 2.05) is 38.1 Å². The van der Waals surface area contributed by atoms with Crippen LogP contribution in [-0.4, -0.2) is 46.3 Å². The van der Waals surface area contributed by atoms with Gasteiger partial charge in [0.05, 0.1) is 6.04 Å². The first kappa shape index (κ1) is 24.6.